The monoisotopic (exact) mass is 249 g/mol. The van der Waals surface area contributed by atoms with E-state index in [-0.39, 0.29) is 18.3 Å². The number of morpholine rings is 1. The number of carbonyl (C=O) groups is 1. The standard InChI is InChI=1S/C10H19N3O2.ClH/c14-10(13-3-1-11-2-4-13)9-12-5-7-15-8-6-12;/h11H,1-9H2;1H. The Bertz CT molecular complexity index is 216. The van der Waals surface area contributed by atoms with Crippen LogP contribution in [-0.4, -0.2) is 74.7 Å². The number of hydrogen-bond acceptors (Lipinski definition) is 4. The zero-order valence-electron chi connectivity index (χ0n) is 9.48. The van der Waals surface area contributed by atoms with E-state index >= 15 is 0 Å². The number of hydrogen-bond donors (Lipinski definition) is 1. The first-order valence-electron chi connectivity index (χ1n) is 5.65. The summed E-state index contributed by atoms with van der Waals surface area (Å²) < 4.78 is 5.25. The van der Waals surface area contributed by atoms with Crippen LogP contribution in [0, 0.1) is 0 Å². The largest absolute Gasteiger partial charge is 0.379 e. The Morgan fingerprint density at radius 3 is 2.38 bits per heavy atom. The van der Waals surface area contributed by atoms with E-state index in [1.165, 1.54) is 0 Å². The van der Waals surface area contributed by atoms with Gasteiger partial charge in [-0.15, -0.1) is 12.4 Å². The molecule has 5 nitrogen and oxygen atoms in total. The Kier molecular flexibility index (Phi) is 6.05. The van der Waals surface area contributed by atoms with Crippen LogP contribution in [0.25, 0.3) is 0 Å². The second-order valence-electron chi connectivity index (χ2n) is 4.02. The van der Waals surface area contributed by atoms with Gasteiger partial charge < -0.3 is 15.0 Å². The molecule has 6 heteroatoms. The third-order valence-corrected chi connectivity index (χ3v) is 2.93. The van der Waals surface area contributed by atoms with Gasteiger partial charge in [-0.25, -0.2) is 0 Å². The van der Waals surface area contributed by atoms with Gasteiger partial charge in [0.2, 0.25) is 5.91 Å². The maximum Gasteiger partial charge on any atom is 0.236 e. The molecule has 2 saturated heterocycles. The van der Waals surface area contributed by atoms with Crippen molar-refractivity contribution in [3.63, 3.8) is 0 Å². The fourth-order valence-electron chi connectivity index (χ4n) is 1.96. The van der Waals surface area contributed by atoms with E-state index in [0.717, 1.165) is 52.5 Å². The lowest BCUT2D eigenvalue weighted by Gasteiger charge is -2.31. The molecule has 2 heterocycles. The highest BCUT2D eigenvalue weighted by Gasteiger charge is 2.20. The Morgan fingerprint density at radius 2 is 1.75 bits per heavy atom. The van der Waals surface area contributed by atoms with Crippen LogP contribution in [0.3, 0.4) is 0 Å². The number of carbonyl (C=O) groups excluding carboxylic acids is 1. The van der Waals surface area contributed by atoms with Crippen LogP contribution < -0.4 is 5.32 Å². The molecule has 0 unspecified atom stereocenters. The van der Waals surface area contributed by atoms with Crippen LogP contribution in [-0.2, 0) is 9.53 Å². The van der Waals surface area contributed by atoms with Gasteiger partial charge in [0.25, 0.3) is 0 Å². The smallest absolute Gasteiger partial charge is 0.236 e. The molecule has 16 heavy (non-hydrogen) atoms. The van der Waals surface area contributed by atoms with Gasteiger partial charge in [0.15, 0.2) is 0 Å². The van der Waals surface area contributed by atoms with Crippen LogP contribution in [0.5, 0.6) is 0 Å². The molecular weight excluding hydrogens is 230 g/mol. The lowest BCUT2D eigenvalue weighted by atomic mass is 10.3. The van der Waals surface area contributed by atoms with Crippen LogP contribution in [0.15, 0.2) is 0 Å². The second kappa shape index (κ2) is 7.06. The van der Waals surface area contributed by atoms with Crippen LogP contribution in [0.4, 0.5) is 0 Å². The van der Waals surface area contributed by atoms with Crippen molar-refractivity contribution in [2.24, 2.45) is 0 Å². The average Bonchev–Trinajstić information content (AvgIpc) is 2.31. The van der Waals surface area contributed by atoms with E-state index in [0.29, 0.717) is 6.54 Å². The second-order valence-corrected chi connectivity index (χ2v) is 4.02. The maximum absolute atomic E-state index is 11.9. The highest BCUT2D eigenvalue weighted by Crippen LogP contribution is 2.00. The molecule has 2 aliphatic rings. The first-order valence-corrected chi connectivity index (χ1v) is 5.65. The fraction of sp³-hybridized carbons (Fsp3) is 0.900. The highest BCUT2D eigenvalue weighted by molar-refractivity contribution is 5.85. The minimum Gasteiger partial charge on any atom is -0.379 e. The van der Waals surface area contributed by atoms with Crippen molar-refractivity contribution in [3.05, 3.63) is 0 Å². The Labute approximate surface area is 103 Å². The molecule has 0 aliphatic carbocycles. The van der Waals surface area contributed by atoms with E-state index in [1.54, 1.807) is 0 Å². The number of amides is 1. The summed E-state index contributed by atoms with van der Waals surface area (Å²) in [4.78, 5) is 16.0. The lowest BCUT2D eigenvalue weighted by molar-refractivity contribution is -0.134. The summed E-state index contributed by atoms with van der Waals surface area (Å²) in [6.07, 6.45) is 0. The Balaban J connectivity index is 0.00000128. The van der Waals surface area contributed by atoms with Crippen molar-refractivity contribution in [3.8, 4) is 0 Å². The molecule has 0 aromatic carbocycles. The molecule has 94 valence electrons. The SMILES string of the molecule is Cl.O=C(CN1CCOCC1)N1CCNCC1. The van der Waals surface area contributed by atoms with Crippen molar-refractivity contribution in [2.45, 2.75) is 0 Å². The minimum absolute atomic E-state index is 0. The average molecular weight is 250 g/mol. The number of nitrogens with zero attached hydrogens (tertiary/aromatic N) is 2. The highest BCUT2D eigenvalue weighted by atomic mass is 35.5. The molecule has 0 aromatic heterocycles. The van der Waals surface area contributed by atoms with Crippen LogP contribution in [0.1, 0.15) is 0 Å². The first-order chi connectivity index (χ1) is 7.36. The fourth-order valence-corrected chi connectivity index (χ4v) is 1.96. The van der Waals surface area contributed by atoms with Gasteiger partial charge in [-0.1, -0.05) is 0 Å². The number of rotatable bonds is 2. The summed E-state index contributed by atoms with van der Waals surface area (Å²) in [6, 6.07) is 0. The van der Waals surface area contributed by atoms with Gasteiger partial charge in [-0.2, -0.15) is 0 Å². The summed E-state index contributed by atoms with van der Waals surface area (Å²) >= 11 is 0. The molecule has 0 spiro atoms. The van der Waals surface area contributed by atoms with Gasteiger partial charge in [-0.05, 0) is 0 Å². The molecule has 0 atom stereocenters. The molecule has 2 rings (SSSR count). The summed E-state index contributed by atoms with van der Waals surface area (Å²) in [7, 11) is 0. The Hall–Kier alpha value is -0.360. The molecule has 0 saturated carbocycles. The minimum atomic E-state index is 0. The topological polar surface area (TPSA) is 44.8 Å². The van der Waals surface area contributed by atoms with Crippen molar-refractivity contribution in [1.29, 1.82) is 0 Å². The van der Waals surface area contributed by atoms with Gasteiger partial charge >= 0.3 is 0 Å². The van der Waals surface area contributed by atoms with Gasteiger partial charge in [0.1, 0.15) is 0 Å². The number of ether oxygens (including phenoxy) is 1. The van der Waals surface area contributed by atoms with Crippen molar-refractivity contribution < 1.29 is 9.53 Å². The number of halogens is 1. The number of piperazine rings is 1. The predicted octanol–water partition coefficient (Wildman–Crippen LogP) is -0.828. The van der Waals surface area contributed by atoms with E-state index in [1.807, 2.05) is 4.90 Å². The molecule has 2 aliphatic heterocycles. The Morgan fingerprint density at radius 1 is 1.12 bits per heavy atom. The molecule has 2 fully saturated rings. The summed E-state index contributed by atoms with van der Waals surface area (Å²) in [5, 5.41) is 3.25. The van der Waals surface area contributed by atoms with Gasteiger partial charge in [0.05, 0.1) is 19.8 Å². The van der Waals surface area contributed by atoms with Crippen molar-refractivity contribution >= 4 is 18.3 Å². The maximum atomic E-state index is 11.9. The third kappa shape index (κ3) is 3.90. The molecular formula is C10H20ClN3O2. The zero-order chi connectivity index (χ0) is 10.5. The molecule has 1 N–H and O–H groups in total. The van der Waals surface area contributed by atoms with E-state index in [2.05, 4.69) is 10.2 Å². The van der Waals surface area contributed by atoms with Crippen LogP contribution in [0.2, 0.25) is 0 Å². The summed E-state index contributed by atoms with van der Waals surface area (Å²) in [5.41, 5.74) is 0. The van der Waals surface area contributed by atoms with E-state index in [9.17, 15) is 4.79 Å². The molecule has 1 amide bonds. The number of nitrogens with one attached hydrogen (secondary N) is 1. The van der Waals surface area contributed by atoms with Crippen molar-refractivity contribution in [1.82, 2.24) is 15.1 Å². The van der Waals surface area contributed by atoms with Crippen LogP contribution >= 0.6 is 12.4 Å². The third-order valence-electron chi connectivity index (χ3n) is 2.93. The quantitative estimate of drug-likeness (QED) is 0.694. The van der Waals surface area contributed by atoms with Crippen molar-refractivity contribution in [2.75, 3.05) is 59.0 Å². The van der Waals surface area contributed by atoms with Gasteiger partial charge in [0, 0.05) is 39.3 Å². The molecule has 0 bridgehead atoms. The summed E-state index contributed by atoms with van der Waals surface area (Å²) in [5.74, 6) is 0.262. The molecule has 0 aromatic rings. The lowest BCUT2D eigenvalue weighted by Crippen LogP contribution is -2.50. The van der Waals surface area contributed by atoms with Gasteiger partial charge in [-0.3, -0.25) is 9.69 Å². The summed E-state index contributed by atoms with van der Waals surface area (Å²) in [6.45, 7) is 7.40. The zero-order valence-corrected chi connectivity index (χ0v) is 10.3. The predicted molar refractivity (Wildman–Crippen MR) is 64.0 cm³/mol. The van der Waals surface area contributed by atoms with E-state index in [4.69, 9.17) is 4.74 Å². The van der Waals surface area contributed by atoms with E-state index < -0.39 is 0 Å². The molecule has 0 radical (unpaired) electrons. The first kappa shape index (κ1) is 13.7. The normalized spacial score (nSPS) is 22.6.